The van der Waals surface area contributed by atoms with Crippen molar-refractivity contribution in [2.45, 2.75) is 27.2 Å². The van der Waals surface area contributed by atoms with Gasteiger partial charge < -0.3 is 10.2 Å². The highest BCUT2D eigenvalue weighted by Gasteiger charge is 2.06. The molecule has 2 aromatic rings. The van der Waals surface area contributed by atoms with E-state index in [1.165, 1.54) is 13.1 Å². The standard InChI is InChI=1S/C10H10N2O2.C2H6.CH5N/c1-3-6-5-8-10(14-6)12-9(13)7(4-2)11-8;2*1-2/h4-5H,2-3H2,1H3,(H,12,13);1-2H3;2H2,1H3. The van der Waals surface area contributed by atoms with Gasteiger partial charge in [0.05, 0.1) is 0 Å². The van der Waals surface area contributed by atoms with Crippen molar-refractivity contribution in [1.29, 1.82) is 0 Å². The van der Waals surface area contributed by atoms with Gasteiger partial charge in [-0.1, -0.05) is 27.4 Å². The van der Waals surface area contributed by atoms with Gasteiger partial charge in [-0.25, -0.2) is 4.98 Å². The summed E-state index contributed by atoms with van der Waals surface area (Å²) >= 11 is 0. The van der Waals surface area contributed by atoms with Crippen LogP contribution in [0, 0.1) is 0 Å². The van der Waals surface area contributed by atoms with E-state index in [0.717, 1.165) is 12.2 Å². The van der Waals surface area contributed by atoms with E-state index in [2.05, 4.69) is 22.3 Å². The van der Waals surface area contributed by atoms with Crippen molar-refractivity contribution in [2.24, 2.45) is 5.73 Å². The van der Waals surface area contributed by atoms with Crippen LogP contribution in [0.25, 0.3) is 17.3 Å². The molecule has 5 nitrogen and oxygen atoms in total. The summed E-state index contributed by atoms with van der Waals surface area (Å²) in [4.78, 5) is 18.0. The third-order valence-corrected chi connectivity index (χ3v) is 2.01. The van der Waals surface area contributed by atoms with Crippen LogP contribution < -0.4 is 11.3 Å². The Labute approximate surface area is 107 Å². The zero-order valence-corrected chi connectivity index (χ0v) is 11.4. The molecule has 0 amide bonds. The van der Waals surface area contributed by atoms with Gasteiger partial charge in [0.25, 0.3) is 5.56 Å². The zero-order chi connectivity index (χ0) is 14.1. The first kappa shape index (κ1) is 16.1. The number of aromatic amines is 1. The molecular weight excluding hydrogens is 230 g/mol. The van der Waals surface area contributed by atoms with E-state index in [1.54, 1.807) is 0 Å². The number of aryl methyl sites for hydroxylation is 1. The molecule has 0 radical (unpaired) electrons. The van der Waals surface area contributed by atoms with Gasteiger partial charge in [0.2, 0.25) is 5.71 Å². The second kappa shape index (κ2) is 8.25. The predicted molar refractivity (Wildman–Crippen MR) is 75.6 cm³/mol. The van der Waals surface area contributed by atoms with E-state index >= 15 is 0 Å². The van der Waals surface area contributed by atoms with Crippen molar-refractivity contribution >= 4 is 17.3 Å². The Bertz CT molecular complexity index is 541. The van der Waals surface area contributed by atoms with E-state index in [-0.39, 0.29) is 5.56 Å². The molecule has 0 atom stereocenters. The fraction of sp³-hybridized carbons (Fsp3) is 0.385. The monoisotopic (exact) mass is 251 g/mol. The van der Waals surface area contributed by atoms with Gasteiger partial charge in [-0.2, -0.15) is 0 Å². The Hall–Kier alpha value is -1.88. The number of furan rings is 1. The second-order valence-corrected chi connectivity index (χ2v) is 2.94. The Morgan fingerprint density at radius 2 is 2.11 bits per heavy atom. The molecule has 0 bridgehead atoms. The third kappa shape index (κ3) is 3.56. The summed E-state index contributed by atoms with van der Waals surface area (Å²) < 4.78 is 5.35. The van der Waals surface area contributed by atoms with Gasteiger partial charge in [0, 0.05) is 12.5 Å². The molecule has 0 unspecified atom stereocenters. The van der Waals surface area contributed by atoms with Crippen molar-refractivity contribution in [3.63, 3.8) is 0 Å². The number of nitrogens with zero attached hydrogens (tertiary/aromatic N) is 1. The normalized spacial score (nSPS) is 8.94. The highest BCUT2D eigenvalue weighted by Crippen LogP contribution is 2.14. The maximum Gasteiger partial charge on any atom is 0.276 e. The fourth-order valence-electron chi connectivity index (χ4n) is 1.26. The number of H-pyrrole nitrogens is 1. The SMILES string of the molecule is C=Cc1nc2cc(CC)oc2[nH]c1=O.CC.CN. The van der Waals surface area contributed by atoms with Crippen LogP contribution >= 0.6 is 0 Å². The number of nitrogens with two attached hydrogens (primary N) is 1. The van der Waals surface area contributed by atoms with E-state index in [0.29, 0.717) is 16.9 Å². The number of nitrogens with one attached hydrogen (secondary N) is 1. The maximum atomic E-state index is 11.3. The van der Waals surface area contributed by atoms with E-state index < -0.39 is 0 Å². The number of hydrogen-bond acceptors (Lipinski definition) is 4. The van der Waals surface area contributed by atoms with Crippen molar-refractivity contribution in [1.82, 2.24) is 9.97 Å². The lowest BCUT2D eigenvalue weighted by Crippen LogP contribution is -2.10. The first-order chi connectivity index (χ1) is 8.74. The summed E-state index contributed by atoms with van der Waals surface area (Å²) in [7, 11) is 1.50. The lowest BCUT2D eigenvalue weighted by molar-refractivity contribution is 0.546. The number of hydrogen-bond donors (Lipinski definition) is 2. The summed E-state index contributed by atoms with van der Waals surface area (Å²) in [5.41, 5.74) is 5.64. The third-order valence-electron chi connectivity index (χ3n) is 2.01. The van der Waals surface area contributed by atoms with Crippen LogP contribution in [0.3, 0.4) is 0 Å². The Balaban J connectivity index is 0.000000659. The average molecular weight is 251 g/mol. The minimum Gasteiger partial charge on any atom is -0.443 e. The van der Waals surface area contributed by atoms with Gasteiger partial charge in [-0.05, 0) is 13.1 Å². The van der Waals surface area contributed by atoms with Crippen molar-refractivity contribution in [3.05, 3.63) is 34.5 Å². The lowest BCUT2D eigenvalue weighted by atomic mass is 10.3. The highest BCUT2D eigenvalue weighted by molar-refractivity contribution is 5.70. The molecule has 0 fully saturated rings. The first-order valence-corrected chi connectivity index (χ1v) is 5.97. The van der Waals surface area contributed by atoms with Crippen LogP contribution in [0.2, 0.25) is 0 Å². The van der Waals surface area contributed by atoms with Gasteiger partial charge in [0.1, 0.15) is 17.0 Å². The predicted octanol–water partition coefficient (Wildman–Crippen LogP) is 2.32. The zero-order valence-electron chi connectivity index (χ0n) is 11.4. The van der Waals surface area contributed by atoms with Gasteiger partial charge in [-0.3, -0.25) is 9.78 Å². The van der Waals surface area contributed by atoms with Crippen molar-refractivity contribution < 1.29 is 4.42 Å². The molecule has 0 saturated heterocycles. The topological polar surface area (TPSA) is 84.9 Å². The molecule has 0 spiro atoms. The maximum absolute atomic E-state index is 11.3. The smallest absolute Gasteiger partial charge is 0.276 e. The van der Waals surface area contributed by atoms with E-state index in [1.807, 2.05) is 26.8 Å². The van der Waals surface area contributed by atoms with Crippen molar-refractivity contribution in [2.75, 3.05) is 7.05 Å². The number of fused-ring (bicyclic) bond motifs is 1. The minimum absolute atomic E-state index is 0.274. The molecule has 0 aliphatic heterocycles. The van der Waals surface area contributed by atoms with Gasteiger partial charge in [0.15, 0.2) is 0 Å². The summed E-state index contributed by atoms with van der Waals surface area (Å²) in [6.07, 6.45) is 2.21. The summed E-state index contributed by atoms with van der Waals surface area (Å²) in [6, 6.07) is 1.82. The number of aromatic nitrogens is 2. The van der Waals surface area contributed by atoms with Crippen molar-refractivity contribution in [3.8, 4) is 0 Å². The molecule has 5 heteroatoms. The quantitative estimate of drug-likeness (QED) is 0.857. The molecule has 2 rings (SSSR count). The molecule has 2 aromatic heterocycles. The second-order valence-electron chi connectivity index (χ2n) is 2.94. The summed E-state index contributed by atoms with van der Waals surface area (Å²) in [5, 5.41) is 0. The van der Waals surface area contributed by atoms with Gasteiger partial charge in [-0.15, -0.1) is 0 Å². The minimum atomic E-state index is -0.274. The van der Waals surface area contributed by atoms with Crippen LogP contribution in [0.4, 0.5) is 0 Å². The van der Waals surface area contributed by atoms with Crippen LogP contribution in [0.5, 0.6) is 0 Å². The highest BCUT2D eigenvalue weighted by atomic mass is 16.3. The fourth-order valence-corrected chi connectivity index (χ4v) is 1.26. The molecule has 0 aliphatic rings. The summed E-state index contributed by atoms with van der Waals surface area (Å²) in [5.74, 6) is 0.810. The van der Waals surface area contributed by atoms with Crippen LogP contribution in [0.1, 0.15) is 32.2 Å². The first-order valence-electron chi connectivity index (χ1n) is 5.97. The number of rotatable bonds is 2. The molecule has 0 aromatic carbocycles. The molecule has 0 saturated carbocycles. The lowest BCUT2D eigenvalue weighted by Gasteiger charge is -1.90. The molecule has 100 valence electrons. The largest absolute Gasteiger partial charge is 0.443 e. The molecule has 3 N–H and O–H groups in total. The van der Waals surface area contributed by atoms with E-state index in [4.69, 9.17) is 4.42 Å². The molecule has 18 heavy (non-hydrogen) atoms. The average Bonchev–Trinajstić information content (AvgIpc) is 2.84. The molecular formula is C13H21N3O2. The van der Waals surface area contributed by atoms with Gasteiger partial charge >= 0.3 is 0 Å². The molecule has 0 aliphatic carbocycles. The Kier molecular flexibility index (Phi) is 7.38. The van der Waals surface area contributed by atoms with Crippen LogP contribution in [0.15, 0.2) is 21.9 Å². The Morgan fingerprint density at radius 3 is 2.61 bits per heavy atom. The molecule has 2 heterocycles. The van der Waals surface area contributed by atoms with Crippen LogP contribution in [-0.4, -0.2) is 17.0 Å². The van der Waals surface area contributed by atoms with E-state index in [9.17, 15) is 4.79 Å². The van der Waals surface area contributed by atoms with Crippen LogP contribution in [-0.2, 0) is 6.42 Å². The summed E-state index contributed by atoms with van der Waals surface area (Å²) in [6.45, 7) is 9.49. The Morgan fingerprint density at radius 1 is 1.50 bits per heavy atom.